The van der Waals surface area contributed by atoms with Gasteiger partial charge in [0.15, 0.2) is 0 Å². The van der Waals surface area contributed by atoms with Gasteiger partial charge in [0.1, 0.15) is 5.02 Å². The zero-order chi connectivity index (χ0) is 15.6. The van der Waals surface area contributed by atoms with Crippen molar-refractivity contribution in [2.45, 2.75) is 33.4 Å². The molecular weight excluding hydrogens is 292 g/mol. The van der Waals surface area contributed by atoms with Gasteiger partial charge in [-0.05, 0) is 32.4 Å². The molecule has 1 unspecified atom stereocenters. The first-order valence-corrected chi connectivity index (χ1v) is 7.03. The summed E-state index contributed by atoms with van der Waals surface area (Å²) in [7, 11) is 0. The van der Waals surface area contributed by atoms with Gasteiger partial charge in [0, 0.05) is 30.1 Å². The lowest BCUT2D eigenvalue weighted by Crippen LogP contribution is -2.07. The number of rotatable bonds is 5. The van der Waals surface area contributed by atoms with Crippen LogP contribution in [0.5, 0.6) is 0 Å². The number of nitro benzene ring substituents is 1. The molecule has 1 aromatic carbocycles. The van der Waals surface area contributed by atoms with Gasteiger partial charge in [0.05, 0.1) is 17.2 Å². The Hall–Kier alpha value is -2.08. The quantitative estimate of drug-likeness (QED) is 0.670. The molecule has 0 aliphatic heterocycles. The number of nitrogens with zero attached hydrogens (tertiary/aromatic N) is 3. The minimum atomic E-state index is -0.478. The van der Waals surface area contributed by atoms with Crippen LogP contribution in [0.15, 0.2) is 24.5 Å². The minimum absolute atomic E-state index is 0.0292. The van der Waals surface area contributed by atoms with Gasteiger partial charge >= 0.3 is 0 Å². The first-order chi connectivity index (χ1) is 9.92. The highest BCUT2D eigenvalue weighted by Crippen LogP contribution is 2.32. The Kier molecular flexibility index (Phi) is 4.47. The topological polar surface area (TPSA) is 73.0 Å². The molecule has 1 aromatic heterocycles. The lowest BCUT2D eigenvalue weighted by Gasteiger charge is -2.16. The standard InChI is InChI=1S/C14H17ClN4O2/c1-4-18-8-11(7-16-18)10(3)17-13-6-12(15)14(19(20)21)5-9(13)2/h5-8,10,17H,4H2,1-3H3. The van der Waals surface area contributed by atoms with Crippen molar-refractivity contribution in [1.82, 2.24) is 9.78 Å². The summed E-state index contributed by atoms with van der Waals surface area (Å²) >= 11 is 5.95. The molecule has 0 spiro atoms. The second-order valence-corrected chi connectivity index (χ2v) is 5.28. The smallest absolute Gasteiger partial charge is 0.288 e. The molecule has 7 heteroatoms. The van der Waals surface area contributed by atoms with Crippen molar-refractivity contribution in [3.63, 3.8) is 0 Å². The van der Waals surface area contributed by atoms with Crippen LogP contribution in [0.3, 0.4) is 0 Å². The molecule has 0 radical (unpaired) electrons. The highest BCUT2D eigenvalue weighted by atomic mass is 35.5. The third kappa shape index (κ3) is 3.33. The van der Waals surface area contributed by atoms with Crippen molar-refractivity contribution in [1.29, 1.82) is 0 Å². The average molecular weight is 309 g/mol. The Labute approximate surface area is 127 Å². The fourth-order valence-electron chi connectivity index (χ4n) is 2.05. The van der Waals surface area contributed by atoms with Crippen molar-refractivity contribution in [3.8, 4) is 0 Å². The molecule has 6 nitrogen and oxygen atoms in total. The molecule has 0 saturated heterocycles. The van der Waals surface area contributed by atoms with Gasteiger partial charge in [0.2, 0.25) is 0 Å². The third-order valence-electron chi connectivity index (χ3n) is 3.34. The van der Waals surface area contributed by atoms with Crippen LogP contribution < -0.4 is 5.32 Å². The Bertz CT molecular complexity index is 669. The summed E-state index contributed by atoms with van der Waals surface area (Å²) in [5.74, 6) is 0. The number of halogens is 1. The lowest BCUT2D eigenvalue weighted by molar-refractivity contribution is -0.384. The van der Waals surface area contributed by atoms with Gasteiger partial charge in [-0.1, -0.05) is 11.6 Å². The van der Waals surface area contributed by atoms with E-state index in [0.29, 0.717) is 0 Å². The van der Waals surface area contributed by atoms with Gasteiger partial charge < -0.3 is 5.32 Å². The Morgan fingerprint density at radius 1 is 1.52 bits per heavy atom. The summed E-state index contributed by atoms with van der Waals surface area (Å²) in [5.41, 5.74) is 2.53. The number of anilines is 1. The van der Waals surface area contributed by atoms with Crippen LogP contribution in [-0.2, 0) is 6.54 Å². The fourth-order valence-corrected chi connectivity index (χ4v) is 2.29. The van der Waals surface area contributed by atoms with Crippen molar-refractivity contribution in [2.24, 2.45) is 0 Å². The Morgan fingerprint density at radius 3 is 2.81 bits per heavy atom. The molecule has 2 aromatic rings. The molecule has 0 bridgehead atoms. The first-order valence-electron chi connectivity index (χ1n) is 6.65. The molecule has 0 saturated carbocycles. The van der Waals surface area contributed by atoms with Crippen molar-refractivity contribution >= 4 is 23.0 Å². The molecule has 0 aliphatic carbocycles. The molecule has 112 valence electrons. The monoisotopic (exact) mass is 308 g/mol. The van der Waals surface area contributed by atoms with E-state index in [4.69, 9.17) is 11.6 Å². The van der Waals surface area contributed by atoms with Gasteiger partial charge in [0.25, 0.3) is 5.69 Å². The highest BCUT2D eigenvalue weighted by Gasteiger charge is 2.16. The van der Waals surface area contributed by atoms with E-state index >= 15 is 0 Å². The van der Waals surface area contributed by atoms with Crippen LogP contribution in [0.25, 0.3) is 0 Å². The summed E-state index contributed by atoms with van der Waals surface area (Å²) < 4.78 is 1.85. The van der Waals surface area contributed by atoms with E-state index in [9.17, 15) is 10.1 Å². The first kappa shape index (κ1) is 15.3. The van der Waals surface area contributed by atoms with Crippen LogP contribution in [0.4, 0.5) is 11.4 Å². The maximum absolute atomic E-state index is 10.9. The van der Waals surface area contributed by atoms with Crippen LogP contribution in [0.2, 0.25) is 5.02 Å². The van der Waals surface area contributed by atoms with E-state index < -0.39 is 4.92 Å². The number of hydrogen-bond acceptors (Lipinski definition) is 4. The van der Waals surface area contributed by atoms with E-state index in [0.717, 1.165) is 23.4 Å². The molecule has 1 heterocycles. The minimum Gasteiger partial charge on any atom is -0.378 e. The summed E-state index contributed by atoms with van der Waals surface area (Å²) in [5, 5.41) is 18.5. The van der Waals surface area contributed by atoms with E-state index in [1.807, 2.05) is 37.8 Å². The normalized spacial score (nSPS) is 12.2. The van der Waals surface area contributed by atoms with E-state index in [1.54, 1.807) is 6.07 Å². The number of aryl methyl sites for hydroxylation is 2. The van der Waals surface area contributed by atoms with Crippen LogP contribution >= 0.6 is 11.6 Å². The molecule has 0 fully saturated rings. The zero-order valence-corrected chi connectivity index (χ0v) is 12.9. The van der Waals surface area contributed by atoms with Crippen molar-refractivity contribution in [2.75, 3.05) is 5.32 Å². The van der Waals surface area contributed by atoms with Crippen LogP contribution in [0.1, 0.15) is 31.0 Å². The number of nitrogens with one attached hydrogen (secondary N) is 1. The zero-order valence-electron chi connectivity index (χ0n) is 12.1. The molecule has 1 N–H and O–H groups in total. The largest absolute Gasteiger partial charge is 0.378 e. The second kappa shape index (κ2) is 6.13. The summed E-state index contributed by atoms with van der Waals surface area (Å²) in [6.45, 7) is 6.66. The molecule has 2 rings (SSSR count). The van der Waals surface area contributed by atoms with E-state index in [-0.39, 0.29) is 16.8 Å². The summed E-state index contributed by atoms with van der Waals surface area (Å²) in [4.78, 5) is 10.4. The van der Waals surface area contributed by atoms with Crippen molar-refractivity contribution in [3.05, 3.63) is 50.8 Å². The second-order valence-electron chi connectivity index (χ2n) is 4.87. The SMILES string of the molecule is CCn1cc(C(C)Nc2cc(Cl)c([N+](=O)[O-])cc2C)cn1. The summed E-state index contributed by atoms with van der Waals surface area (Å²) in [6, 6.07) is 3.10. The number of aromatic nitrogens is 2. The number of benzene rings is 1. The van der Waals surface area contributed by atoms with E-state index in [2.05, 4.69) is 10.4 Å². The van der Waals surface area contributed by atoms with Gasteiger partial charge in [-0.2, -0.15) is 5.10 Å². The molecular formula is C14H17ClN4O2. The molecule has 0 aliphatic rings. The maximum atomic E-state index is 10.9. The Morgan fingerprint density at radius 2 is 2.24 bits per heavy atom. The lowest BCUT2D eigenvalue weighted by atomic mass is 10.1. The van der Waals surface area contributed by atoms with E-state index in [1.165, 1.54) is 6.07 Å². The van der Waals surface area contributed by atoms with Gasteiger partial charge in [-0.25, -0.2) is 0 Å². The predicted octanol–water partition coefficient (Wildman–Crippen LogP) is 3.95. The van der Waals surface area contributed by atoms with Crippen molar-refractivity contribution < 1.29 is 4.92 Å². The van der Waals surface area contributed by atoms with Gasteiger partial charge in [-0.3, -0.25) is 14.8 Å². The fraction of sp³-hybridized carbons (Fsp3) is 0.357. The Balaban J connectivity index is 2.23. The molecule has 1 atom stereocenters. The van der Waals surface area contributed by atoms with Gasteiger partial charge in [-0.15, -0.1) is 0 Å². The average Bonchev–Trinajstić information content (AvgIpc) is 2.91. The summed E-state index contributed by atoms with van der Waals surface area (Å²) in [6.07, 6.45) is 3.78. The third-order valence-corrected chi connectivity index (χ3v) is 3.64. The maximum Gasteiger partial charge on any atom is 0.288 e. The molecule has 21 heavy (non-hydrogen) atoms. The van der Waals surface area contributed by atoms with Crippen LogP contribution in [0, 0.1) is 17.0 Å². The highest BCUT2D eigenvalue weighted by molar-refractivity contribution is 6.33. The number of hydrogen-bond donors (Lipinski definition) is 1. The number of nitro groups is 1. The predicted molar refractivity (Wildman–Crippen MR) is 82.8 cm³/mol. The van der Waals surface area contributed by atoms with Crippen LogP contribution in [-0.4, -0.2) is 14.7 Å². The molecule has 0 amide bonds.